The van der Waals surface area contributed by atoms with E-state index in [4.69, 9.17) is 4.74 Å². The van der Waals surface area contributed by atoms with Crippen LogP contribution in [-0.2, 0) is 4.74 Å². The molecule has 0 unspecified atom stereocenters. The van der Waals surface area contributed by atoms with Crippen molar-refractivity contribution in [1.29, 1.82) is 0 Å². The van der Waals surface area contributed by atoms with Gasteiger partial charge in [0, 0.05) is 36.6 Å². The highest BCUT2D eigenvalue weighted by molar-refractivity contribution is 6.04. The maximum absolute atomic E-state index is 12.5. The Morgan fingerprint density at radius 3 is 2.71 bits per heavy atom. The Balaban J connectivity index is 1.56. The van der Waals surface area contributed by atoms with E-state index in [0.717, 1.165) is 24.1 Å². The first-order chi connectivity index (χ1) is 13.5. The van der Waals surface area contributed by atoms with E-state index in [-0.39, 0.29) is 18.0 Å². The van der Waals surface area contributed by atoms with E-state index >= 15 is 0 Å². The number of benzene rings is 1. The van der Waals surface area contributed by atoms with E-state index in [1.165, 1.54) is 0 Å². The number of piperidine rings is 1. The normalized spacial score (nSPS) is 14.4. The van der Waals surface area contributed by atoms with Crippen molar-refractivity contribution in [2.24, 2.45) is 0 Å². The number of aryl methyl sites for hydroxylation is 1. The number of carbonyl (C=O) groups is 2. The summed E-state index contributed by atoms with van der Waals surface area (Å²) in [6.45, 7) is 5.46. The van der Waals surface area contributed by atoms with Crippen LogP contribution in [0.25, 0.3) is 0 Å². The quantitative estimate of drug-likeness (QED) is 0.824. The van der Waals surface area contributed by atoms with Gasteiger partial charge >= 0.3 is 6.09 Å². The van der Waals surface area contributed by atoms with Crippen molar-refractivity contribution in [3.05, 3.63) is 53.7 Å². The number of hydrogen-bond acceptors (Lipinski definition) is 5. The molecule has 1 aromatic heterocycles. The average Bonchev–Trinajstić information content (AvgIpc) is 2.69. The van der Waals surface area contributed by atoms with Gasteiger partial charge in [0.15, 0.2) is 0 Å². The molecule has 7 heteroatoms. The highest BCUT2D eigenvalue weighted by atomic mass is 16.6. The van der Waals surface area contributed by atoms with Gasteiger partial charge in [-0.3, -0.25) is 4.79 Å². The fourth-order valence-electron chi connectivity index (χ4n) is 3.21. The molecule has 2 aromatic rings. The number of pyridine rings is 1. The van der Waals surface area contributed by atoms with E-state index < -0.39 is 0 Å². The molecule has 0 aliphatic carbocycles. The van der Waals surface area contributed by atoms with Gasteiger partial charge in [0.1, 0.15) is 5.82 Å². The molecule has 0 saturated carbocycles. The smallest absolute Gasteiger partial charge is 0.409 e. The SMILES string of the molecule is CCOC(=O)N1CCC(Nc2cc(C(=O)Nc3cccc(C)c3)ccn2)CC1. The number of nitrogens with zero attached hydrogens (tertiary/aromatic N) is 2. The third-order valence-electron chi connectivity index (χ3n) is 4.67. The molecule has 0 atom stereocenters. The lowest BCUT2D eigenvalue weighted by molar-refractivity contribution is 0.0981. The van der Waals surface area contributed by atoms with Crippen LogP contribution in [0.15, 0.2) is 42.6 Å². The first-order valence-corrected chi connectivity index (χ1v) is 9.57. The molecule has 1 fully saturated rings. The monoisotopic (exact) mass is 382 g/mol. The summed E-state index contributed by atoms with van der Waals surface area (Å²) >= 11 is 0. The van der Waals surface area contributed by atoms with Crippen molar-refractivity contribution in [3.63, 3.8) is 0 Å². The Bertz CT molecular complexity index is 832. The molecular weight excluding hydrogens is 356 g/mol. The number of likely N-dealkylation sites (tertiary alicyclic amines) is 1. The molecule has 0 radical (unpaired) electrons. The Morgan fingerprint density at radius 1 is 1.21 bits per heavy atom. The number of nitrogens with one attached hydrogen (secondary N) is 2. The zero-order valence-electron chi connectivity index (χ0n) is 16.3. The van der Waals surface area contributed by atoms with Gasteiger partial charge < -0.3 is 20.3 Å². The number of aromatic nitrogens is 1. The fourth-order valence-corrected chi connectivity index (χ4v) is 3.21. The van der Waals surface area contributed by atoms with Crippen molar-refractivity contribution in [3.8, 4) is 0 Å². The molecule has 28 heavy (non-hydrogen) atoms. The van der Waals surface area contributed by atoms with Crippen molar-refractivity contribution in [1.82, 2.24) is 9.88 Å². The van der Waals surface area contributed by atoms with Gasteiger partial charge in [-0.05, 0) is 56.5 Å². The lowest BCUT2D eigenvalue weighted by Crippen LogP contribution is -2.42. The average molecular weight is 382 g/mol. The molecule has 148 valence electrons. The van der Waals surface area contributed by atoms with Crippen LogP contribution < -0.4 is 10.6 Å². The van der Waals surface area contributed by atoms with Gasteiger partial charge in [0.25, 0.3) is 5.91 Å². The molecule has 2 heterocycles. The molecule has 1 aromatic carbocycles. The topological polar surface area (TPSA) is 83.6 Å². The van der Waals surface area contributed by atoms with E-state index in [9.17, 15) is 9.59 Å². The molecule has 0 spiro atoms. The Kier molecular flexibility index (Phi) is 6.47. The van der Waals surface area contributed by atoms with Crippen molar-refractivity contribution in [2.45, 2.75) is 32.7 Å². The van der Waals surface area contributed by atoms with Crippen molar-refractivity contribution < 1.29 is 14.3 Å². The van der Waals surface area contributed by atoms with Gasteiger partial charge in [-0.15, -0.1) is 0 Å². The first-order valence-electron chi connectivity index (χ1n) is 9.57. The summed E-state index contributed by atoms with van der Waals surface area (Å²) < 4.78 is 5.04. The lowest BCUT2D eigenvalue weighted by atomic mass is 10.1. The van der Waals surface area contributed by atoms with Gasteiger partial charge in [0.2, 0.25) is 0 Å². The predicted octanol–water partition coefficient (Wildman–Crippen LogP) is 3.68. The van der Waals surface area contributed by atoms with Crippen LogP contribution in [0.1, 0.15) is 35.7 Å². The maximum Gasteiger partial charge on any atom is 0.409 e. The minimum Gasteiger partial charge on any atom is -0.450 e. The summed E-state index contributed by atoms with van der Waals surface area (Å²) in [5.41, 5.74) is 2.40. The Hall–Kier alpha value is -3.09. The predicted molar refractivity (Wildman–Crippen MR) is 109 cm³/mol. The van der Waals surface area contributed by atoms with Crippen LogP contribution in [0, 0.1) is 6.92 Å². The zero-order chi connectivity index (χ0) is 19.9. The number of carbonyl (C=O) groups excluding carboxylic acids is 2. The van der Waals surface area contributed by atoms with Crippen LogP contribution >= 0.6 is 0 Å². The number of ether oxygens (including phenoxy) is 1. The summed E-state index contributed by atoms with van der Waals surface area (Å²) in [7, 11) is 0. The maximum atomic E-state index is 12.5. The number of anilines is 2. The molecular formula is C21H26N4O3. The third-order valence-corrected chi connectivity index (χ3v) is 4.67. The molecule has 2 amide bonds. The molecule has 1 aliphatic heterocycles. The van der Waals surface area contributed by atoms with E-state index in [2.05, 4.69) is 15.6 Å². The second kappa shape index (κ2) is 9.21. The third kappa shape index (κ3) is 5.22. The number of amides is 2. The van der Waals surface area contributed by atoms with Gasteiger partial charge in [-0.2, -0.15) is 0 Å². The number of hydrogen-bond donors (Lipinski definition) is 2. The molecule has 0 bridgehead atoms. The minimum absolute atomic E-state index is 0.173. The van der Waals surface area contributed by atoms with Crippen LogP contribution in [0.4, 0.5) is 16.3 Å². The van der Waals surface area contributed by atoms with Gasteiger partial charge in [0.05, 0.1) is 6.61 Å². The van der Waals surface area contributed by atoms with E-state index in [1.54, 1.807) is 30.2 Å². The molecule has 7 nitrogen and oxygen atoms in total. The van der Waals surface area contributed by atoms with E-state index in [0.29, 0.717) is 31.1 Å². The minimum atomic E-state index is -0.256. The summed E-state index contributed by atoms with van der Waals surface area (Å²) in [6, 6.07) is 11.3. The summed E-state index contributed by atoms with van der Waals surface area (Å²) in [6.07, 6.45) is 2.98. The van der Waals surface area contributed by atoms with Crippen LogP contribution in [0.2, 0.25) is 0 Å². The fraction of sp³-hybridized carbons (Fsp3) is 0.381. The highest BCUT2D eigenvalue weighted by Crippen LogP contribution is 2.18. The van der Waals surface area contributed by atoms with E-state index in [1.807, 2.05) is 31.2 Å². The molecule has 2 N–H and O–H groups in total. The van der Waals surface area contributed by atoms with Gasteiger partial charge in [-0.25, -0.2) is 9.78 Å². The number of rotatable bonds is 5. The molecule has 1 saturated heterocycles. The Labute approximate surface area is 165 Å². The lowest BCUT2D eigenvalue weighted by Gasteiger charge is -2.31. The largest absolute Gasteiger partial charge is 0.450 e. The first kappa shape index (κ1) is 19.7. The summed E-state index contributed by atoms with van der Waals surface area (Å²) in [4.78, 5) is 30.4. The zero-order valence-corrected chi connectivity index (χ0v) is 16.3. The van der Waals surface area contributed by atoms with Crippen LogP contribution in [0.3, 0.4) is 0 Å². The van der Waals surface area contributed by atoms with Gasteiger partial charge in [-0.1, -0.05) is 12.1 Å². The van der Waals surface area contributed by atoms with Crippen molar-refractivity contribution in [2.75, 3.05) is 30.3 Å². The second-order valence-electron chi connectivity index (χ2n) is 6.86. The van der Waals surface area contributed by atoms with Crippen LogP contribution in [0.5, 0.6) is 0 Å². The second-order valence-corrected chi connectivity index (χ2v) is 6.86. The molecule has 1 aliphatic rings. The van der Waals surface area contributed by atoms with Crippen LogP contribution in [-0.4, -0.2) is 47.6 Å². The molecule has 3 rings (SSSR count). The van der Waals surface area contributed by atoms with Crippen molar-refractivity contribution >= 4 is 23.5 Å². The summed E-state index contributed by atoms with van der Waals surface area (Å²) in [5, 5.41) is 6.28. The highest BCUT2D eigenvalue weighted by Gasteiger charge is 2.23. The standard InChI is InChI=1S/C21H26N4O3/c1-3-28-21(27)25-11-8-17(9-12-25)23-19-14-16(7-10-22-19)20(26)24-18-6-4-5-15(2)13-18/h4-7,10,13-14,17H,3,8-9,11-12H2,1-2H3,(H,22,23)(H,24,26). The Morgan fingerprint density at radius 2 is 2.00 bits per heavy atom. The summed E-state index contributed by atoms with van der Waals surface area (Å²) in [5.74, 6) is 0.486.